The van der Waals surface area contributed by atoms with Gasteiger partial charge in [0.15, 0.2) is 0 Å². The quantitative estimate of drug-likeness (QED) is 0.825. The van der Waals surface area contributed by atoms with Crippen LogP contribution in [0.5, 0.6) is 0 Å². The van der Waals surface area contributed by atoms with Crippen LogP contribution in [0.4, 0.5) is 4.79 Å². The summed E-state index contributed by atoms with van der Waals surface area (Å²) in [4.78, 5) is 14.2. The van der Waals surface area contributed by atoms with E-state index < -0.39 is 10.8 Å². The Morgan fingerprint density at radius 3 is 2.76 bits per heavy atom. The highest BCUT2D eigenvalue weighted by Gasteiger charge is 2.32. The molecule has 4 atom stereocenters. The highest BCUT2D eigenvalue weighted by Crippen LogP contribution is 2.24. The third-order valence-corrected chi connectivity index (χ3v) is 6.51. The summed E-state index contributed by atoms with van der Waals surface area (Å²) in [6.07, 6.45) is 6.03. The van der Waals surface area contributed by atoms with Crippen molar-refractivity contribution in [1.82, 2.24) is 10.2 Å². The summed E-state index contributed by atoms with van der Waals surface area (Å²) in [6, 6.07) is -0.000288. The predicted molar refractivity (Wildman–Crippen MR) is 84.6 cm³/mol. The number of carbonyl (C=O) groups excluding carboxylic acids is 1. The number of nitrogens with one attached hydrogen (secondary N) is 1. The summed E-state index contributed by atoms with van der Waals surface area (Å²) in [6.45, 7) is 3.49. The van der Waals surface area contributed by atoms with E-state index in [2.05, 4.69) is 5.32 Å². The Kier molecular flexibility index (Phi) is 6.48. The Morgan fingerprint density at radius 1 is 1.29 bits per heavy atom. The van der Waals surface area contributed by atoms with Crippen LogP contribution in [-0.4, -0.2) is 57.0 Å². The lowest BCUT2D eigenvalue weighted by molar-refractivity contribution is 0.127. The van der Waals surface area contributed by atoms with Gasteiger partial charge >= 0.3 is 6.03 Å². The average molecular weight is 316 g/mol. The maximum absolute atomic E-state index is 12.4. The van der Waals surface area contributed by atoms with E-state index in [9.17, 15) is 14.1 Å². The SMILES string of the molecule is CCS(=O)C1CCCCC1NC(=O)N1CCCC(CO)C1. The summed E-state index contributed by atoms with van der Waals surface area (Å²) < 4.78 is 12.1. The monoisotopic (exact) mass is 316 g/mol. The Balaban J connectivity index is 1.92. The number of nitrogens with zero attached hydrogens (tertiary/aromatic N) is 1. The molecule has 1 saturated heterocycles. The topological polar surface area (TPSA) is 69.6 Å². The van der Waals surface area contributed by atoms with Gasteiger partial charge in [-0.2, -0.15) is 0 Å². The van der Waals surface area contributed by atoms with Crippen LogP contribution in [0, 0.1) is 5.92 Å². The Labute approximate surface area is 129 Å². The van der Waals surface area contributed by atoms with Crippen molar-refractivity contribution in [3.05, 3.63) is 0 Å². The minimum Gasteiger partial charge on any atom is -0.396 e. The molecule has 0 aromatic heterocycles. The van der Waals surface area contributed by atoms with E-state index in [1.807, 2.05) is 11.8 Å². The van der Waals surface area contributed by atoms with Crippen molar-refractivity contribution in [3.8, 4) is 0 Å². The van der Waals surface area contributed by atoms with Crippen LogP contribution in [0.25, 0.3) is 0 Å². The zero-order chi connectivity index (χ0) is 15.2. The summed E-state index contributed by atoms with van der Waals surface area (Å²) in [5, 5.41) is 12.5. The first kappa shape index (κ1) is 16.7. The molecule has 0 aromatic carbocycles. The number of likely N-dealkylation sites (tertiary alicyclic amines) is 1. The summed E-state index contributed by atoms with van der Waals surface area (Å²) in [5.41, 5.74) is 0. The first-order valence-corrected chi connectivity index (χ1v) is 9.57. The molecule has 21 heavy (non-hydrogen) atoms. The van der Waals surface area contributed by atoms with Crippen LogP contribution in [0.15, 0.2) is 0 Å². The van der Waals surface area contributed by atoms with Crippen molar-refractivity contribution in [3.63, 3.8) is 0 Å². The van der Waals surface area contributed by atoms with Crippen LogP contribution in [0.2, 0.25) is 0 Å². The Hall–Kier alpha value is -0.620. The minimum absolute atomic E-state index is 0.0431. The zero-order valence-electron chi connectivity index (χ0n) is 12.9. The van der Waals surface area contributed by atoms with Crippen LogP contribution in [0.1, 0.15) is 45.4 Å². The molecule has 1 aliphatic heterocycles. The van der Waals surface area contributed by atoms with Gasteiger partial charge in [-0.05, 0) is 31.6 Å². The van der Waals surface area contributed by atoms with E-state index in [1.54, 1.807) is 0 Å². The molecular formula is C15H28N2O3S. The van der Waals surface area contributed by atoms with Gasteiger partial charge in [0.05, 0.1) is 5.25 Å². The van der Waals surface area contributed by atoms with Gasteiger partial charge in [0.2, 0.25) is 0 Å². The normalized spacial score (nSPS) is 31.7. The number of amides is 2. The largest absolute Gasteiger partial charge is 0.396 e. The smallest absolute Gasteiger partial charge is 0.317 e. The molecule has 4 unspecified atom stereocenters. The number of hydrogen-bond donors (Lipinski definition) is 2. The molecule has 2 N–H and O–H groups in total. The van der Waals surface area contributed by atoms with Crippen molar-refractivity contribution < 1.29 is 14.1 Å². The van der Waals surface area contributed by atoms with Gasteiger partial charge in [-0.15, -0.1) is 0 Å². The molecule has 0 aromatic rings. The first-order chi connectivity index (χ1) is 10.2. The van der Waals surface area contributed by atoms with Gasteiger partial charge in [-0.3, -0.25) is 4.21 Å². The standard InChI is InChI=1S/C15H28N2O3S/c1-2-21(20)14-8-4-3-7-13(14)16-15(19)17-9-5-6-12(10-17)11-18/h12-14,18H,2-11H2,1H3,(H,16,19). The maximum atomic E-state index is 12.4. The molecule has 6 heteroatoms. The van der Waals surface area contributed by atoms with E-state index >= 15 is 0 Å². The fourth-order valence-electron chi connectivity index (χ4n) is 3.44. The van der Waals surface area contributed by atoms with Crippen LogP contribution >= 0.6 is 0 Å². The average Bonchev–Trinajstić information content (AvgIpc) is 2.54. The van der Waals surface area contributed by atoms with Crippen molar-refractivity contribution in [2.24, 2.45) is 5.92 Å². The predicted octanol–water partition coefficient (Wildman–Crippen LogP) is 1.48. The molecule has 1 saturated carbocycles. The van der Waals surface area contributed by atoms with E-state index in [4.69, 9.17) is 0 Å². The fourth-order valence-corrected chi connectivity index (χ4v) is 4.87. The zero-order valence-corrected chi connectivity index (χ0v) is 13.7. The second-order valence-corrected chi connectivity index (χ2v) is 8.13. The second-order valence-electron chi connectivity index (χ2n) is 6.19. The van der Waals surface area contributed by atoms with Crippen LogP contribution in [-0.2, 0) is 10.8 Å². The van der Waals surface area contributed by atoms with Gasteiger partial charge in [0.25, 0.3) is 0 Å². The molecule has 1 heterocycles. The highest BCUT2D eigenvalue weighted by molar-refractivity contribution is 7.85. The Morgan fingerprint density at radius 2 is 2.05 bits per heavy atom. The number of rotatable bonds is 4. The summed E-state index contributed by atoms with van der Waals surface area (Å²) in [7, 11) is -0.847. The molecule has 5 nitrogen and oxygen atoms in total. The molecule has 0 bridgehead atoms. The number of aliphatic hydroxyl groups is 1. The lowest BCUT2D eigenvalue weighted by Crippen LogP contribution is -2.53. The number of hydrogen-bond acceptors (Lipinski definition) is 3. The first-order valence-electron chi connectivity index (χ1n) is 8.19. The molecular weight excluding hydrogens is 288 g/mol. The second kappa shape index (κ2) is 8.13. The molecule has 2 amide bonds. The van der Waals surface area contributed by atoms with E-state index in [-0.39, 0.29) is 29.8 Å². The fraction of sp³-hybridized carbons (Fsp3) is 0.933. The Bertz CT molecular complexity index is 378. The van der Waals surface area contributed by atoms with Gasteiger partial charge in [0.1, 0.15) is 0 Å². The van der Waals surface area contributed by atoms with Crippen molar-refractivity contribution in [2.45, 2.75) is 56.7 Å². The molecule has 2 rings (SSSR count). The minimum atomic E-state index is -0.847. The highest BCUT2D eigenvalue weighted by atomic mass is 32.2. The van der Waals surface area contributed by atoms with E-state index in [0.29, 0.717) is 12.3 Å². The summed E-state index contributed by atoms with van der Waals surface area (Å²) >= 11 is 0. The number of carbonyl (C=O) groups is 1. The molecule has 2 aliphatic rings. The number of piperidine rings is 1. The van der Waals surface area contributed by atoms with Crippen LogP contribution < -0.4 is 5.32 Å². The molecule has 2 fully saturated rings. The molecule has 1 aliphatic carbocycles. The third kappa shape index (κ3) is 4.42. The van der Waals surface area contributed by atoms with Gasteiger partial charge in [-0.25, -0.2) is 4.79 Å². The maximum Gasteiger partial charge on any atom is 0.317 e. The lowest BCUT2D eigenvalue weighted by Gasteiger charge is -2.36. The summed E-state index contributed by atoms with van der Waals surface area (Å²) in [5.74, 6) is 0.865. The lowest BCUT2D eigenvalue weighted by atomic mass is 9.95. The third-order valence-electron chi connectivity index (χ3n) is 4.70. The number of aliphatic hydroxyl groups excluding tert-OH is 1. The molecule has 0 spiro atoms. The van der Waals surface area contributed by atoms with Crippen molar-refractivity contribution in [2.75, 3.05) is 25.4 Å². The molecule has 0 radical (unpaired) electrons. The van der Waals surface area contributed by atoms with Gasteiger partial charge in [-0.1, -0.05) is 19.8 Å². The van der Waals surface area contributed by atoms with Gasteiger partial charge < -0.3 is 15.3 Å². The molecule has 122 valence electrons. The van der Waals surface area contributed by atoms with Crippen LogP contribution in [0.3, 0.4) is 0 Å². The number of urea groups is 1. The van der Waals surface area contributed by atoms with Crippen molar-refractivity contribution >= 4 is 16.8 Å². The van der Waals surface area contributed by atoms with E-state index in [1.165, 1.54) is 0 Å². The van der Waals surface area contributed by atoms with E-state index in [0.717, 1.165) is 45.1 Å². The van der Waals surface area contributed by atoms with Gasteiger partial charge in [0, 0.05) is 42.3 Å². The van der Waals surface area contributed by atoms with Crippen molar-refractivity contribution in [1.29, 1.82) is 0 Å².